The van der Waals surface area contributed by atoms with E-state index < -0.39 is 0 Å². The Bertz CT molecular complexity index is 885. The topological polar surface area (TPSA) is 89.9 Å². The molecule has 0 aromatic carbocycles. The van der Waals surface area contributed by atoms with E-state index in [4.69, 9.17) is 4.74 Å². The smallest absolute Gasteiger partial charge is 0.341 e. The van der Waals surface area contributed by atoms with Gasteiger partial charge in [0.15, 0.2) is 5.16 Å². The Balaban J connectivity index is 1.54. The summed E-state index contributed by atoms with van der Waals surface area (Å²) in [5.74, 6) is 0.484. The van der Waals surface area contributed by atoms with Crippen LogP contribution in [0.1, 0.15) is 65.3 Å². The molecule has 1 N–H and O–H groups in total. The molecule has 1 saturated carbocycles. The molecule has 7 nitrogen and oxygen atoms in total. The Hall–Kier alpha value is -2.09. The molecule has 1 aliphatic heterocycles. The first-order valence-electron chi connectivity index (χ1n) is 9.06. The van der Waals surface area contributed by atoms with Gasteiger partial charge in [-0.25, -0.2) is 9.78 Å². The molecule has 1 fully saturated rings. The van der Waals surface area contributed by atoms with Gasteiger partial charge >= 0.3 is 5.97 Å². The number of fused-ring (bicyclic) bond motifs is 1. The van der Waals surface area contributed by atoms with Crippen molar-refractivity contribution in [1.82, 2.24) is 19.7 Å². The van der Waals surface area contributed by atoms with Crippen LogP contribution < -0.4 is 5.56 Å². The fourth-order valence-electron chi connectivity index (χ4n) is 3.59. The lowest BCUT2D eigenvalue weighted by molar-refractivity contribution is 0.0598. The number of nitrogens with zero attached hydrogens (tertiary/aromatic N) is 3. The van der Waals surface area contributed by atoms with Gasteiger partial charge in [0.1, 0.15) is 5.56 Å². The van der Waals surface area contributed by atoms with Crippen LogP contribution in [0.5, 0.6) is 0 Å². The summed E-state index contributed by atoms with van der Waals surface area (Å²) < 4.78 is 6.88. The molecule has 0 amide bonds. The van der Waals surface area contributed by atoms with Gasteiger partial charge in [-0.1, -0.05) is 18.2 Å². The van der Waals surface area contributed by atoms with Gasteiger partial charge in [0.2, 0.25) is 0 Å². The van der Waals surface area contributed by atoms with E-state index in [0.717, 1.165) is 49.9 Å². The van der Waals surface area contributed by atoms with Crippen LogP contribution in [-0.2, 0) is 23.5 Å². The lowest BCUT2D eigenvalue weighted by Gasteiger charge is -2.24. The lowest BCUT2D eigenvalue weighted by atomic mass is 9.81. The van der Waals surface area contributed by atoms with Crippen molar-refractivity contribution in [2.24, 2.45) is 0 Å². The molecule has 0 spiro atoms. The quantitative estimate of drug-likeness (QED) is 0.492. The zero-order valence-electron chi connectivity index (χ0n) is 14.8. The molecule has 2 aromatic rings. The van der Waals surface area contributed by atoms with Crippen molar-refractivity contribution in [1.29, 1.82) is 0 Å². The third kappa shape index (κ3) is 3.18. The highest BCUT2D eigenvalue weighted by Crippen LogP contribution is 2.34. The summed E-state index contributed by atoms with van der Waals surface area (Å²) in [6.45, 7) is 0.829. The van der Waals surface area contributed by atoms with Crippen LogP contribution in [0.25, 0.3) is 0 Å². The number of H-pyrrole nitrogens is 1. The van der Waals surface area contributed by atoms with Crippen LogP contribution in [-0.4, -0.2) is 32.8 Å². The highest BCUT2D eigenvalue weighted by atomic mass is 32.2. The Morgan fingerprint density at radius 2 is 2.23 bits per heavy atom. The van der Waals surface area contributed by atoms with Crippen LogP contribution in [0.3, 0.4) is 0 Å². The number of aromatic amines is 1. The number of carbonyl (C=O) groups excluding carboxylic acids is 1. The van der Waals surface area contributed by atoms with Crippen LogP contribution in [0, 0.1) is 0 Å². The number of rotatable bonds is 5. The van der Waals surface area contributed by atoms with Crippen molar-refractivity contribution < 1.29 is 9.53 Å². The number of hydrogen-bond donors (Lipinski definition) is 1. The van der Waals surface area contributed by atoms with Crippen molar-refractivity contribution in [3.05, 3.63) is 39.1 Å². The average molecular weight is 374 g/mol. The van der Waals surface area contributed by atoms with Gasteiger partial charge in [-0.2, -0.15) is 5.10 Å². The van der Waals surface area contributed by atoms with E-state index in [1.165, 1.54) is 25.3 Å². The lowest BCUT2D eigenvalue weighted by Crippen LogP contribution is -2.21. The van der Waals surface area contributed by atoms with Crippen molar-refractivity contribution in [2.45, 2.75) is 61.9 Å². The largest absolute Gasteiger partial charge is 0.465 e. The second-order valence-corrected chi connectivity index (χ2v) is 7.79. The number of methoxy groups -OCH3 is 1. The van der Waals surface area contributed by atoms with Gasteiger partial charge in [-0.15, -0.1) is 0 Å². The molecule has 0 bridgehead atoms. The van der Waals surface area contributed by atoms with Crippen LogP contribution in [0.15, 0.2) is 16.1 Å². The van der Waals surface area contributed by atoms with Crippen molar-refractivity contribution in [2.75, 3.05) is 7.11 Å². The van der Waals surface area contributed by atoms with Gasteiger partial charge in [0.05, 0.1) is 18.5 Å². The number of aromatic nitrogens is 4. The number of carbonyl (C=O) groups is 1. The number of ether oxygens (including phenoxy) is 1. The Labute approximate surface area is 155 Å². The van der Waals surface area contributed by atoms with E-state index in [1.54, 1.807) is 6.20 Å². The van der Waals surface area contributed by atoms with Gasteiger partial charge in [0.25, 0.3) is 5.56 Å². The van der Waals surface area contributed by atoms with Crippen LogP contribution in [0.2, 0.25) is 0 Å². The maximum atomic E-state index is 12.3. The van der Waals surface area contributed by atoms with E-state index in [2.05, 4.69) is 15.1 Å². The Kier molecular flexibility index (Phi) is 4.84. The number of esters is 1. The van der Waals surface area contributed by atoms with E-state index in [9.17, 15) is 9.59 Å². The van der Waals surface area contributed by atoms with E-state index in [-0.39, 0.29) is 11.5 Å². The molecule has 0 radical (unpaired) electrons. The summed E-state index contributed by atoms with van der Waals surface area (Å²) in [6, 6.07) is 0. The van der Waals surface area contributed by atoms with Crippen LogP contribution >= 0.6 is 11.8 Å². The molecule has 0 unspecified atom stereocenters. The molecule has 8 heteroatoms. The zero-order valence-corrected chi connectivity index (χ0v) is 15.6. The highest BCUT2D eigenvalue weighted by Gasteiger charge is 2.26. The summed E-state index contributed by atoms with van der Waals surface area (Å²) in [5.41, 5.74) is 2.97. The van der Waals surface area contributed by atoms with Crippen molar-refractivity contribution in [3.63, 3.8) is 0 Å². The van der Waals surface area contributed by atoms with Gasteiger partial charge in [-0.05, 0) is 38.0 Å². The fourth-order valence-corrected chi connectivity index (χ4v) is 4.36. The SMILES string of the molecule is COC(=O)c1c(CSc2ncc(C3CCC3)c(=O)[nH]2)nn2c1CCCC2. The molecule has 4 rings (SSSR count). The van der Waals surface area contributed by atoms with E-state index in [0.29, 0.717) is 28.1 Å². The minimum Gasteiger partial charge on any atom is -0.465 e. The first kappa shape index (κ1) is 17.3. The summed E-state index contributed by atoms with van der Waals surface area (Å²) in [5, 5.41) is 5.16. The zero-order chi connectivity index (χ0) is 18.1. The van der Waals surface area contributed by atoms with Crippen molar-refractivity contribution >= 4 is 17.7 Å². The monoisotopic (exact) mass is 374 g/mol. The molecule has 1 aliphatic carbocycles. The number of hydrogen-bond acceptors (Lipinski definition) is 6. The van der Waals surface area contributed by atoms with Gasteiger partial charge < -0.3 is 9.72 Å². The average Bonchev–Trinajstić information content (AvgIpc) is 2.98. The minimum atomic E-state index is -0.342. The predicted octanol–water partition coefficient (Wildman–Crippen LogP) is 2.65. The standard InChI is InChI=1S/C18H22N4O3S/c1-25-17(24)15-13(21-22-8-3-2-7-14(15)22)10-26-18-19-9-12(16(23)20-18)11-5-4-6-11/h9,11H,2-8,10H2,1H3,(H,19,20,23). The molecule has 2 aliphatic rings. The maximum absolute atomic E-state index is 12.3. The fraction of sp³-hybridized carbons (Fsp3) is 0.556. The number of nitrogens with one attached hydrogen (secondary N) is 1. The van der Waals surface area contributed by atoms with Gasteiger partial charge in [0, 0.05) is 24.1 Å². The minimum absolute atomic E-state index is 0.0514. The molecule has 0 saturated heterocycles. The first-order valence-corrected chi connectivity index (χ1v) is 10.0. The number of thioether (sulfide) groups is 1. The Morgan fingerprint density at radius 3 is 2.92 bits per heavy atom. The molecule has 2 aromatic heterocycles. The summed E-state index contributed by atoms with van der Waals surface area (Å²) >= 11 is 1.39. The van der Waals surface area contributed by atoms with Crippen molar-refractivity contribution in [3.8, 4) is 0 Å². The third-order valence-electron chi connectivity index (χ3n) is 5.25. The molecule has 0 atom stereocenters. The van der Waals surface area contributed by atoms with E-state index in [1.807, 2.05) is 4.68 Å². The summed E-state index contributed by atoms with van der Waals surface area (Å²) in [7, 11) is 1.39. The molecule has 26 heavy (non-hydrogen) atoms. The molecular formula is C18H22N4O3S. The summed E-state index contributed by atoms with van der Waals surface area (Å²) in [6.07, 6.45) is 7.98. The Morgan fingerprint density at radius 1 is 1.38 bits per heavy atom. The van der Waals surface area contributed by atoms with Gasteiger partial charge in [-0.3, -0.25) is 9.48 Å². The molecular weight excluding hydrogens is 352 g/mol. The number of aryl methyl sites for hydroxylation is 1. The molecule has 138 valence electrons. The second-order valence-electron chi connectivity index (χ2n) is 6.83. The highest BCUT2D eigenvalue weighted by molar-refractivity contribution is 7.98. The first-order chi connectivity index (χ1) is 12.7. The molecule has 3 heterocycles. The van der Waals surface area contributed by atoms with Crippen LogP contribution in [0.4, 0.5) is 0 Å². The normalized spacial score (nSPS) is 16.8. The summed E-state index contributed by atoms with van der Waals surface area (Å²) in [4.78, 5) is 31.8. The second kappa shape index (κ2) is 7.26. The van der Waals surface area contributed by atoms with E-state index >= 15 is 0 Å². The third-order valence-corrected chi connectivity index (χ3v) is 6.15. The maximum Gasteiger partial charge on any atom is 0.341 e. The predicted molar refractivity (Wildman–Crippen MR) is 97.5 cm³/mol.